The second-order valence-corrected chi connectivity index (χ2v) is 5.77. The van der Waals surface area contributed by atoms with E-state index in [4.69, 9.17) is 0 Å². The Balaban J connectivity index is 2.03. The van der Waals surface area contributed by atoms with Crippen molar-refractivity contribution in [3.63, 3.8) is 0 Å². The van der Waals surface area contributed by atoms with Crippen LogP contribution in [-0.2, 0) is 6.54 Å². The number of aromatic nitrogens is 1. The van der Waals surface area contributed by atoms with Gasteiger partial charge in [0, 0.05) is 11.4 Å². The summed E-state index contributed by atoms with van der Waals surface area (Å²) < 4.78 is 0. The summed E-state index contributed by atoms with van der Waals surface area (Å²) in [6.07, 6.45) is 0. The van der Waals surface area contributed by atoms with E-state index in [0.717, 1.165) is 18.2 Å². The quantitative estimate of drug-likeness (QED) is 0.658. The van der Waals surface area contributed by atoms with Gasteiger partial charge in [-0.25, -0.2) is 9.98 Å². The largest absolute Gasteiger partial charge is 0.357 e. The third kappa shape index (κ3) is 4.56. The van der Waals surface area contributed by atoms with Gasteiger partial charge in [-0.3, -0.25) is 0 Å². The molecule has 0 saturated carbocycles. The Morgan fingerprint density at radius 2 is 2.10 bits per heavy atom. The molecular weight excluding hydrogens is 280 g/mol. The summed E-state index contributed by atoms with van der Waals surface area (Å²) in [6.45, 7) is 7.74. The minimum atomic E-state index is 0.214. The summed E-state index contributed by atoms with van der Waals surface area (Å²) in [5.41, 5.74) is 4.18. The van der Waals surface area contributed by atoms with Gasteiger partial charge in [0.2, 0.25) is 0 Å². The predicted molar refractivity (Wildman–Crippen MR) is 89.7 cm³/mol. The normalized spacial score (nSPS) is 13.0. The first kappa shape index (κ1) is 15.5. The molecule has 1 atom stereocenters. The van der Waals surface area contributed by atoms with Crippen LogP contribution < -0.4 is 10.6 Å². The zero-order valence-corrected chi connectivity index (χ0v) is 13.6. The molecule has 2 rings (SSSR count). The highest BCUT2D eigenvalue weighted by molar-refractivity contribution is 7.09. The molecule has 0 saturated heterocycles. The van der Waals surface area contributed by atoms with Crippen LogP contribution in [0.4, 0.5) is 0 Å². The van der Waals surface area contributed by atoms with E-state index in [-0.39, 0.29) is 6.04 Å². The van der Waals surface area contributed by atoms with Gasteiger partial charge in [0.15, 0.2) is 5.96 Å². The van der Waals surface area contributed by atoms with Crippen LogP contribution in [0, 0.1) is 6.92 Å². The maximum absolute atomic E-state index is 4.65. The number of benzene rings is 1. The van der Waals surface area contributed by atoms with Gasteiger partial charge in [0.1, 0.15) is 0 Å². The van der Waals surface area contributed by atoms with Crippen LogP contribution in [0.3, 0.4) is 0 Å². The van der Waals surface area contributed by atoms with Gasteiger partial charge in [-0.1, -0.05) is 30.3 Å². The van der Waals surface area contributed by atoms with E-state index in [9.17, 15) is 0 Å². The van der Waals surface area contributed by atoms with E-state index < -0.39 is 0 Å². The van der Waals surface area contributed by atoms with Gasteiger partial charge in [0.25, 0.3) is 0 Å². The Labute approximate surface area is 130 Å². The van der Waals surface area contributed by atoms with Crippen LogP contribution in [0.25, 0.3) is 0 Å². The number of guanidine groups is 1. The molecule has 21 heavy (non-hydrogen) atoms. The van der Waals surface area contributed by atoms with Crippen molar-refractivity contribution < 1.29 is 0 Å². The lowest BCUT2D eigenvalue weighted by molar-refractivity contribution is 0.686. The standard InChI is InChI=1S/C16H22N4S/c1-4-17-16(18-10-15-13(3)19-11-21-15)20-12(2)14-8-6-5-7-9-14/h5-9,11-12H,4,10H2,1-3H3,(H2,17,18,20). The lowest BCUT2D eigenvalue weighted by Crippen LogP contribution is -2.38. The topological polar surface area (TPSA) is 49.3 Å². The first-order valence-electron chi connectivity index (χ1n) is 7.19. The molecule has 0 aliphatic rings. The van der Waals surface area contributed by atoms with E-state index in [0.29, 0.717) is 6.54 Å². The lowest BCUT2D eigenvalue weighted by Gasteiger charge is -2.18. The molecular formula is C16H22N4S. The first-order chi connectivity index (χ1) is 10.2. The molecule has 0 aliphatic heterocycles. The van der Waals surface area contributed by atoms with Crippen LogP contribution in [0.2, 0.25) is 0 Å². The second kappa shape index (κ2) is 7.78. The smallest absolute Gasteiger partial charge is 0.192 e. The second-order valence-electron chi connectivity index (χ2n) is 4.83. The highest BCUT2D eigenvalue weighted by Gasteiger charge is 2.07. The molecule has 1 aromatic heterocycles. The number of hydrogen-bond donors (Lipinski definition) is 2. The molecule has 2 N–H and O–H groups in total. The summed E-state index contributed by atoms with van der Waals surface area (Å²) in [6, 6.07) is 10.6. The maximum atomic E-state index is 4.65. The SMILES string of the molecule is CCNC(=NCc1scnc1C)NC(C)c1ccccc1. The first-order valence-corrected chi connectivity index (χ1v) is 8.07. The van der Waals surface area contributed by atoms with E-state index in [2.05, 4.69) is 58.7 Å². The summed E-state index contributed by atoms with van der Waals surface area (Å²) in [4.78, 5) is 10.1. The Morgan fingerprint density at radius 3 is 2.71 bits per heavy atom. The predicted octanol–water partition coefficient (Wildman–Crippen LogP) is 3.27. The van der Waals surface area contributed by atoms with Crippen molar-refractivity contribution >= 4 is 17.3 Å². The van der Waals surface area contributed by atoms with Gasteiger partial charge in [-0.2, -0.15) is 0 Å². The third-order valence-electron chi connectivity index (χ3n) is 3.22. The molecule has 1 heterocycles. The number of thiazole rings is 1. The van der Waals surface area contributed by atoms with Crippen LogP contribution in [-0.4, -0.2) is 17.5 Å². The number of aliphatic imine (C=N–C) groups is 1. The number of rotatable bonds is 5. The Morgan fingerprint density at radius 1 is 1.33 bits per heavy atom. The molecule has 0 amide bonds. The molecule has 1 aromatic carbocycles. The van der Waals surface area contributed by atoms with Gasteiger partial charge in [-0.05, 0) is 26.3 Å². The van der Waals surface area contributed by atoms with E-state index in [1.807, 2.05) is 18.5 Å². The fourth-order valence-electron chi connectivity index (χ4n) is 1.98. The van der Waals surface area contributed by atoms with Gasteiger partial charge >= 0.3 is 0 Å². The Bertz CT molecular complexity index is 577. The molecule has 5 heteroatoms. The molecule has 0 spiro atoms. The van der Waals surface area contributed by atoms with Gasteiger partial charge in [0.05, 0.1) is 23.8 Å². The number of hydrogen-bond acceptors (Lipinski definition) is 3. The van der Waals surface area contributed by atoms with Crippen LogP contribution >= 0.6 is 11.3 Å². The summed E-state index contributed by atoms with van der Waals surface area (Å²) >= 11 is 1.65. The van der Waals surface area contributed by atoms with E-state index >= 15 is 0 Å². The molecule has 0 fully saturated rings. The number of aryl methyl sites for hydroxylation is 1. The van der Waals surface area contributed by atoms with Crippen molar-refractivity contribution in [3.05, 3.63) is 52.0 Å². The van der Waals surface area contributed by atoms with Crippen LogP contribution in [0.15, 0.2) is 40.8 Å². The summed E-state index contributed by atoms with van der Waals surface area (Å²) in [5, 5.41) is 6.73. The average Bonchev–Trinajstić information content (AvgIpc) is 2.91. The Hall–Kier alpha value is -1.88. The summed E-state index contributed by atoms with van der Waals surface area (Å²) in [5.74, 6) is 0.835. The summed E-state index contributed by atoms with van der Waals surface area (Å²) in [7, 11) is 0. The van der Waals surface area contributed by atoms with Gasteiger partial charge < -0.3 is 10.6 Å². The molecule has 0 aliphatic carbocycles. The number of nitrogens with zero attached hydrogens (tertiary/aromatic N) is 2. The average molecular weight is 302 g/mol. The fraction of sp³-hybridized carbons (Fsp3) is 0.375. The minimum Gasteiger partial charge on any atom is -0.357 e. The van der Waals surface area contributed by atoms with Gasteiger partial charge in [-0.15, -0.1) is 11.3 Å². The van der Waals surface area contributed by atoms with Crippen LogP contribution in [0.1, 0.15) is 36.0 Å². The van der Waals surface area contributed by atoms with Crippen molar-refractivity contribution in [2.45, 2.75) is 33.4 Å². The van der Waals surface area contributed by atoms with Crippen LogP contribution in [0.5, 0.6) is 0 Å². The Kier molecular flexibility index (Phi) is 5.75. The zero-order valence-electron chi connectivity index (χ0n) is 12.8. The monoisotopic (exact) mass is 302 g/mol. The zero-order chi connectivity index (χ0) is 15.1. The molecule has 112 valence electrons. The van der Waals surface area contributed by atoms with Crippen molar-refractivity contribution in [2.75, 3.05) is 6.54 Å². The molecule has 0 bridgehead atoms. The van der Waals surface area contributed by atoms with Crippen molar-refractivity contribution in [1.82, 2.24) is 15.6 Å². The van der Waals surface area contributed by atoms with Crippen molar-refractivity contribution in [2.24, 2.45) is 4.99 Å². The highest BCUT2D eigenvalue weighted by atomic mass is 32.1. The maximum Gasteiger partial charge on any atom is 0.192 e. The molecule has 2 aromatic rings. The van der Waals surface area contributed by atoms with Crippen molar-refractivity contribution in [1.29, 1.82) is 0 Å². The molecule has 0 radical (unpaired) electrons. The van der Waals surface area contributed by atoms with E-state index in [1.54, 1.807) is 11.3 Å². The molecule has 4 nitrogen and oxygen atoms in total. The van der Waals surface area contributed by atoms with E-state index in [1.165, 1.54) is 10.4 Å². The highest BCUT2D eigenvalue weighted by Crippen LogP contribution is 2.14. The molecule has 1 unspecified atom stereocenters. The van der Waals surface area contributed by atoms with Crippen molar-refractivity contribution in [3.8, 4) is 0 Å². The fourth-order valence-corrected chi connectivity index (χ4v) is 2.68. The minimum absolute atomic E-state index is 0.214. The third-order valence-corrected chi connectivity index (χ3v) is 4.14. The lowest BCUT2D eigenvalue weighted by atomic mass is 10.1. The number of nitrogens with one attached hydrogen (secondary N) is 2.